The van der Waals surface area contributed by atoms with Crippen LogP contribution in [0.5, 0.6) is 0 Å². The largest absolute Gasteiger partial charge is 0.348 e. The molecule has 8 nitrogen and oxygen atoms in total. The van der Waals surface area contributed by atoms with Crippen LogP contribution in [0.2, 0.25) is 0 Å². The van der Waals surface area contributed by atoms with Crippen molar-refractivity contribution in [1.82, 2.24) is 15.4 Å². The number of hydrogen-bond acceptors (Lipinski definition) is 4. The molecule has 17 heavy (non-hydrogen) atoms. The highest BCUT2D eigenvalue weighted by Gasteiger charge is 2.08. The normalized spacial score (nSPS) is 12.6. The summed E-state index contributed by atoms with van der Waals surface area (Å²) in [6.07, 6.45) is 1.17. The highest BCUT2D eigenvalue weighted by atomic mass is 16.2. The summed E-state index contributed by atoms with van der Waals surface area (Å²) in [6.45, 7) is 3.17. The second-order valence-electron chi connectivity index (χ2n) is 3.58. The van der Waals surface area contributed by atoms with E-state index < -0.39 is 17.3 Å². The van der Waals surface area contributed by atoms with Crippen LogP contribution in [0.1, 0.15) is 18.2 Å². The minimum absolute atomic E-state index is 0.182. The van der Waals surface area contributed by atoms with Gasteiger partial charge in [0.25, 0.3) is 11.5 Å². The monoisotopic (exact) mass is 240 g/mol. The van der Waals surface area contributed by atoms with Gasteiger partial charge in [-0.1, -0.05) is 0 Å². The fraction of sp³-hybridized carbons (Fsp3) is 0.333. The minimum Gasteiger partial charge on any atom is -0.348 e. The van der Waals surface area contributed by atoms with Crippen molar-refractivity contribution >= 4 is 12.1 Å². The van der Waals surface area contributed by atoms with Crippen molar-refractivity contribution in [2.24, 2.45) is 5.10 Å². The Labute approximate surface area is 95.9 Å². The van der Waals surface area contributed by atoms with Gasteiger partial charge in [0, 0.05) is 5.69 Å². The van der Waals surface area contributed by atoms with Crippen molar-refractivity contribution in [2.45, 2.75) is 19.9 Å². The number of H-pyrrole nitrogens is 2. The lowest BCUT2D eigenvalue weighted by atomic mass is 10.2. The number of rotatable bonds is 3. The molecule has 0 fully saturated rings. The molecule has 1 amide bonds. The second kappa shape index (κ2) is 5.21. The molecule has 0 unspecified atom stereocenters. The van der Waals surface area contributed by atoms with Crippen molar-refractivity contribution in [1.29, 1.82) is 0 Å². The highest BCUT2D eigenvalue weighted by Crippen LogP contribution is 1.89. The predicted molar refractivity (Wildman–Crippen MR) is 60.5 cm³/mol. The molecule has 1 heterocycles. The Balaban J connectivity index is 2.90. The molecule has 0 spiro atoms. The maximum atomic E-state index is 11.4. The minimum atomic E-state index is -0.583. The summed E-state index contributed by atoms with van der Waals surface area (Å²) in [5.74, 6) is -0.361. The van der Waals surface area contributed by atoms with Gasteiger partial charge in [-0.05, 0) is 13.8 Å². The van der Waals surface area contributed by atoms with Gasteiger partial charge in [-0.2, -0.15) is 5.10 Å². The molecule has 8 heteroatoms. The van der Waals surface area contributed by atoms with Crippen molar-refractivity contribution in [2.75, 3.05) is 0 Å². The van der Waals surface area contributed by atoms with Crippen LogP contribution in [0.25, 0.3) is 0 Å². The summed E-state index contributed by atoms with van der Waals surface area (Å²) in [4.78, 5) is 37.9. The molecule has 0 aromatic carbocycles. The van der Waals surface area contributed by atoms with Crippen molar-refractivity contribution in [3.63, 3.8) is 0 Å². The number of nitrogens with zero attached hydrogens (tertiary/aromatic N) is 1. The number of aromatic nitrogens is 2. The molecule has 0 aliphatic rings. The quantitative estimate of drug-likeness (QED) is 0.342. The van der Waals surface area contributed by atoms with E-state index in [1.807, 2.05) is 0 Å². The summed E-state index contributed by atoms with van der Waals surface area (Å²) in [7, 11) is 0. The number of aromatic amines is 2. The molecule has 1 atom stereocenters. The van der Waals surface area contributed by atoms with Crippen LogP contribution in [0.15, 0.2) is 14.7 Å². The average molecular weight is 240 g/mol. The molecule has 0 radical (unpaired) electrons. The molecule has 1 aromatic heterocycles. The molecule has 0 aliphatic heterocycles. The first-order chi connectivity index (χ1) is 7.91. The van der Waals surface area contributed by atoms with Gasteiger partial charge >= 0.3 is 5.69 Å². The summed E-state index contributed by atoms with van der Waals surface area (Å²) >= 11 is 0. The second-order valence-corrected chi connectivity index (χ2v) is 3.58. The zero-order valence-electron chi connectivity index (χ0n) is 9.53. The van der Waals surface area contributed by atoms with Crippen molar-refractivity contribution in [3.8, 4) is 0 Å². The molecule has 1 rings (SSSR count). The summed E-state index contributed by atoms with van der Waals surface area (Å²) in [6, 6.07) is -0.442. The van der Waals surface area contributed by atoms with Crippen molar-refractivity contribution in [3.05, 3.63) is 32.1 Å². The predicted octanol–water partition coefficient (Wildman–Crippen LogP) is -2.55. The lowest BCUT2D eigenvalue weighted by Gasteiger charge is -2.00. The third-order valence-corrected chi connectivity index (χ3v) is 1.99. The number of hydrazone groups is 1. The third kappa shape index (κ3) is 3.38. The standard InChI is InChI=1S/C9H13N5O3/c1-4(10)7(15)14-11-3-6-5(2)12-9(17)13-8(6)16/h3-4H,10H2,1-2H3,(H,14,15)(H2,12,13,16,17)/p+1/b11-3+/t4-/m0/s1. The van der Waals surface area contributed by atoms with E-state index in [1.54, 1.807) is 13.8 Å². The maximum Gasteiger partial charge on any atom is 0.325 e. The number of quaternary nitrogens is 1. The Morgan fingerprint density at radius 1 is 1.47 bits per heavy atom. The maximum absolute atomic E-state index is 11.4. The lowest BCUT2D eigenvalue weighted by Crippen LogP contribution is -2.65. The summed E-state index contributed by atoms with van der Waals surface area (Å²) < 4.78 is 0. The summed E-state index contributed by atoms with van der Waals surface area (Å²) in [5, 5.41) is 3.61. The van der Waals surface area contributed by atoms with Crippen LogP contribution in [-0.4, -0.2) is 28.1 Å². The molecule has 0 saturated heterocycles. The van der Waals surface area contributed by atoms with Gasteiger partial charge < -0.3 is 10.7 Å². The fourth-order valence-corrected chi connectivity index (χ4v) is 1.04. The zero-order valence-corrected chi connectivity index (χ0v) is 9.53. The van der Waals surface area contributed by atoms with Gasteiger partial charge in [-0.15, -0.1) is 0 Å². The van der Waals surface area contributed by atoms with Crippen LogP contribution in [0.4, 0.5) is 0 Å². The van der Waals surface area contributed by atoms with Gasteiger partial charge in [-0.25, -0.2) is 10.2 Å². The number of carbonyl (C=O) groups excluding carboxylic acids is 1. The Bertz CT molecular complexity index is 554. The van der Waals surface area contributed by atoms with Gasteiger partial charge in [0.15, 0.2) is 6.04 Å². The van der Waals surface area contributed by atoms with E-state index in [0.29, 0.717) is 5.69 Å². The topological polar surface area (TPSA) is 135 Å². The van der Waals surface area contributed by atoms with E-state index in [0.717, 1.165) is 0 Å². The van der Waals surface area contributed by atoms with Crippen LogP contribution >= 0.6 is 0 Å². The van der Waals surface area contributed by atoms with E-state index >= 15 is 0 Å². The van der Waals surface area contributed by atoms with Gasteiger partial charge in [-0.3, -0.25) is 14.6 Å². The third-order valence-electron chi connectivity index (χ3n) is 1.99. The zero-order chi connectivity index (χ0) is 13.0. The van der Waals surface area contributed by atoms with E-state index in [1.165, 1.54) is 6.21 Å². The first-order valence-electron chi connectivity index (χ1n) is 4.91. The van der Waals surface area contributed by atoms with E-state index in [4.69, 9.17) is 0 Å². The van der Waals surface area contributed by atoms with E-state index in [-0.39, 0.29) is 11.5 Å². The van der Waals surface area contributed by atoms with Crippen LogP contribution in [0, 0.1) is 6.92 Å². The molecular weight excluding hydrogens is 226 g/mol. The lowest BCUT2D eigenvalue weighted by molar-refractivity contribution is -0.398. The van der Waals surface area contributed by atoms with Gasteiger partial charge in [0.1, 0.15) is 0 Å². The summed E-state index contributed by atoms with van der Waals surface area (Å²) in [5.41, 5.74) is 5.14. The van der Waals surface area contributed by atoms with Crippen molar-refractivity contribution < 1.29 is 10.5 Å². The number of nitrogens with one attached hydrogen (secondary N) is 3. The number of amides is 1. The van der Waals surface area contributed by atoms with E-state index in [2.05, 4.69) is 26.2 Å². The molecule has 0 bridgehead atoms. The van der Waals surface area contributed by atoms with Gasteiger partial charge in [0.2, 0.25) is 0 Å². The van der Waals surface area contributed by atoms with Gasteiger partial charge in [0.05, 0.1) is 11.8 Å². The molecular formula is C9H14N5O3+. The number of hydrogen-bond donors (Lipinski definition) is 4. The number of aryl methyl sites for hydroxylation is 1. The Morgan fingerprint density at radius 2 is 2.12 bits per heavy atom. The first kappa shape index (κ1) is 12.8. The highest BCUT2D eigenvalue weighted by molar-refractivity contribution is 5.84. The average Bonchev–Trinajstić information content (AvgIpc) is 2.21. The smallest absolute Gasteiger partial charge is 0.325 e. The molecule has 92 valence electrons. The van der Waals surface area contributed by atoms with Crippen LogP contribution < -0.4 is 22.4 Å². The molecule has 1 aromatic rings. The van der Waals surface area contributed by atoms with E-state index in [9.17, 15) is 14.4 Å². The Morgan fingerprint density at radius 3 is 2.65 bits per heavy atom. The molecule has 0 saturated carbocycles. The number of carbonyl (C=O) groups is 1. The Kier molecular flexibility index (Phi) is 3.94. The van der Waals surface area contributed by atoms with Crippen LogP contribution in [0.3, 0.4) is 0 Å². The fourth-order valence-electron chi connectivity index (χ4n) is 1.04. The SMILES string of the molecule is Cc1[nH]c(=O)[nH]c(=O)c1/C=N/NC(=O)[C@H](C)[NH3+]. The molecule has 6 N–H and O–H groups in total. The Hall–Kier alpha value is -2.22. The van der Waals surface area contributed by atoms with Crippen LogP contribution in [-0.2, 0) is 4.79 Å². The molecule has 0 aliphatic carbocycles. The first-order valence-corrected chi connectivity index (χ1v) is 4.91.